The second-order valence-electron chi connectivity index (χ2n) is 3.32. The third kappa shape index (κ3) is 3.42. The first kappa shape index (κ1) is 12.4. The molecular formula is C11H12ClNOS. The lowest BCUT2D eigenvalue weighted by Gasteiger charge is -2.08. The molecule has 0 saturated carbocycles. The van der Waals surface area contributed by atoms with Crippen LogP contribution < -0.4 is 0 Å². The molecule has 80 valence electrons. The molecule has 1 aromatic carbocycles. The first-order valence-electron chi connectivity index (χ1n) is 4.61. The highest BCUT2D eigenvalue weighted by Crippen LogP contribution is 2.28. The van der Waals surface area contributed by atoms with Gasteiger partial charge in [-0.2, -0.15) is 5.26 Å². The van der Waals surface area contributed by atoms with E-state index < -0.39 is 0 Å². The van der Waals surface area contributed by atoms with E-state index in [1.165, 1.54) is 0 Å². The van der Waals surface area contributed by atoms with Crippen LogP contribution in [0.2, 0.25) is 5.02 Å². The first-order chi connectivity index (χ1) is 7.19. The van der Waals surface area contributed by atoms with Gasteiger partial charge in [-0.15, -0.1) is 11.8 Å². The summed E-state index contributed by atoms with van der Waals surface area (Å²) in [5.41, 5.74) is 0.523. The topological polar surface area (TPSA) is 44.0 Å². The number of nitrogens with zero attached hydrogens (tertiary/aromatic N) is 1. The van der Waals surface area contributed by atoms with E-state index in [2.05, 4.69) is 6.07 Å². The van der Waals surface area contributed by atoms with E-state index in [-0.39, 0.29) is 12.5 Å². The summed E-state index contributed by atoms with van der Waals surface area (Å²) in [4.78, 5) is 0.880. The van der Waals surface area contributed by atoms with E-state index in [4.69, 9.17) is 22.0 Å². The minimum absolute atomic E-state index is 0.162. The molecule has 0 aliphatic carbocycles. The van der Waals surface area contributed by atoms with E-state index in [0.717, 1.165) is 10.6 Å². The Labute approximate surface area is 98.9 Å². The minimum Gasteiger partial charge on any atom is -0.396 e. The van der Waals surface area contributed by atoms with Crippen LogP contribution in [0.5, 0.6) is 0 Å². The van der Waals surface area contributed by atoms with Gasteiger partial charge in [0.05, 0.1) is 10.6 Å². The molecule has 15 heavy (non-hydrogen) atoms. The summed E-state index contributed by atoms with van der Waals surface area (Å²) in [6, 6.07) is 7.50. The maximum Gasteiger partial charge on any atom is 0.102 e. The van der Waals surface area contributed by atoms with Crippen molar-refractivity contribution in [3.63, 3.8) is 0 Å². The van der Waals surface area contributed by atoms with Crippen molar-refractivity contribution < 1.29 is 5.11 Å². The zero-order valence-electron chi connectivity index (χ0n) is 8.40. The Morgan fingerprint density at radius 2 is 2.33 bits per heavy atom. The third-order valence-electron chi connectivity index (χ3n) is 1.92. The minimum atomic E-state index is 0.162. The Kier molecular flexibility index (Phi) is 4.97. The molecule has 2 nitrogen and oxygen atoms in total. The van der Waals surface area contributed by atoms with Gasteiger partial charge in [-0.05, 0) is 18.1 Å². The molecule has 0 spiro atoms. The average Bonchev–Trinajstić information content (AvgIpc) is 2.25. The Bertz CT molecular complexity index is 375. The van der Waals surface area contributed by atoms with Gasteiger partial charge in [0.2, 0.25) is 0 Å². The number of aliphatic hydroxyl groups is 1. The number of thioether (sulfide) groups is 1. The fourth-order valence-corrected chi connectivity index (χ4v) is 2.33. The van der Waals surface area contributed by atoms with E-state index >= 15 is 0 Å². The molecule has 0 aromatic heterocycles. The molecular weight excluding hydrogens is 230 g/mol. The van der Waals surface area contributed by atoms with Gasteiger partial charge in [-0.3, -0.25) is 0 Å². The Balaban J connectivity index is 2.77. The van der Waals surface area contributed by atoms with Crippen LogP contribution in [0.1, 0.15) is 12.5 Å². The van der Waals surface area contributed by atoms with Gasteiger partial charge in [0, 0.05) is 17.3 Å². The number of hydrogen-bond acceptors (Lipinski definition) is 3. The highest BCUT2D eigenvalue weighted by Gasteiger charge is 2.08. The van der Waals surface area contributed by atoms with Crippen LogP contribution in [0.4, 0.5) is 0 Å². The summed E-state index contributed by atoms with van der Waals surface area (Å²) in [6.07, 6.45) is 0. The van der Waals surface area contributed by atoms with Gasteiger partial charge in [0.1, 0.15) is 6.07 Å². The Morgan fingerprint density at radius 1 is 1.60 bits per heavy atom. The quantitative estimate of drug-likeness (QED) is 0.825. The fourth-order valence-electron chi connectivity index (χ4n) is 1.02. The standard InChI is InChI=1S/C11H12ClNOS/c1-8(6-14)7-15-11-4-2-3-10(12)9(11)5-13/h2-4,8,14H,6-7H2,1H3. The normalized spacial score (nSPS) is 12.1. The van der Waals surface area contributed by atoms with Crippen LogP contribution >= 0.6 is 23.4 Å². The van der Waals surface area contributed by atoms with Crippen LogP contribution in [0.3, 0.4) is 0 Å². The average molecular weight is 242 g/mol. The fraction of sp³-hybridized carbons (Fsp3) is 0.364. The molecule has 0 aliphatic heterocycles. The summed E-state index contributed by atoms with van der Waals surface area (Å²) in [5, 5.41) is 18.3. The molecule has 1 N–H and O–H groups in total. The van der Waals surface area contributed by atoms with E-state index in [1.807, 2.05) is 19.1 Å². The van der Waals surface area contributed by atoms with E-state index in [9.17, 15) is 0 Å². The van der Waals surface area contributed by atoms with Gasteiger partial charge in [0.15, 0.2) is 0 Å². The number of benzene rings is 1. The lowest BCUT2D eigenvalue weighted by Crippen LogP contribution is -2.03. The predicted molar refractivity (Wildman–Crippen MR) is 63.1 cm³/mol. The maximum absolute atomic E-state index is 8.92. The SMILES string of the molecule is CC(CO)CSc1cccc(Cl)c1C#N. The van der Waals surface area contributed by atoms with Gasteiger partial charge in [0.25, 0.3) is 0 Å². The van der Waals surface area contributed by atoms with Gasteiger partial charge < -0.3 is 5.11 Å². The molecule has 4 heteroatoms. The number of hydrogen-bond donors (Lipinski definition) is 1. The molecule has 0 bridgehead atoms. The summed E-state index contributed by atoms with van der Waals surface area (Å²) in [6.45, 7) is 2.12. The van der Waals surface area contributed by atoms with Crippen molar-refractivity contribution in [2.75, 3.05) is 12.4 Å². The third-order valence-corrected chi connectivity index (χ3v) is 3.62. The number of rotatable bonds is 4. The molecule has 0 amide bonds. The number of aliphatic hydroxyl groups excluding tert-OH is 1. The zero-order chi connectivity index (χ0) is 11.3. The molecule has 1 rings (SSSR count). The second-order valence-corrected chi connectivity index (χ2v) is 4.79. The Hall–Kier alpha value is -0.690. The molecule has 1 unspecified atom stereocenters. The molecule has 1 atom stereocenters. The summed E-state index contributed by atoms with van der Waals surface area (Å²) < 4.78 is 0. The van der Waals surface area contributed by atoms with Crippen LogP contribution in [-0.2, 0) is 0 Å². The smallest absolute Gasteiger partial charge is 0.102 e. The Morgan fingerprint density at radius 3 is 2.93 bits per heavy atom. The van der Waals surface area contributed by atoms with Crippen molar-refractivity contribution in [1.82, 2.24) is 0 Å². The van der Waals surface area contributed by atoms with Crippen LogP contribution in [0, 0.1) is 17.2 Å². The lowest BCUT2D eigenvalue weighted by molar-refractivity contribution is 0.250. The summed E-state index contributed by atoms with van der Waals surface area (Å²) >= 11 is 7.45. The maximum atomic E-state index is 8.92. The summed E-state index contributed by atoms with van der Waals surface area (Å²) in [7, 11) is 0. The monoisotopic (exact) mass is 241 g/mol. The molecule has 0 radical (unpaired) electrons. The second kappa shape index (κ2) is 6.02. The zero-order valence-corrected chi connectivity index (χ0v) is 9.98. The highest BCUT2D eigenvalue weighted by atomic mass is 35.5. The van der Waals surface area contributed by atoms with Crippen molar-refractivity contribution in [3.05, 3.63) is 28.8 Å². The lowest BCUT2D eigenvalue weighted by atomic mass is 10.2. The number of nitriles is 1. The van der Waals surface area contributed by atoms with Gasteiger partial charge >= 0.3 is 0 Å². The van der Waals surface area contributed by atoms with Crippen molar-refractivity contribution in [3.8, 4) is 6.07 Å². The largest absolute Gasteiger partial charge is 0.396 e. The first-order valence-corrected chi connectivity index (χ1v) is 5.97. The van der Waals surface area contributed by atoms with Crippen LogP contribution in [-0.4, -0.2) is 17.5 Å². The number of halogens is 1. The van der Waals surface area contributed by atoms with E-state index in [0.29, 0.717) is 10.6 Å². The molecule has 0 heterocycles. The van der Waals surface area contributed by atoms with Gasteiger partial charge in [-0.25, -0.2) is 0 Å². The van der Waals surface area contributed by atoms with Crippen molar-refractivity contribution in [1.29, 1.82) is 5.26 Å². The van der Waals surface area contributed by atoms with Crippen molar-refractivity contribution in [2.45, 2.75) is 11.8 Å². The molecule has 0 aliphatic rings. The van der Waals surface area contributed by atoms with Crippen LogP contribution in [0.15, 0.2) is 23.1 Å². The van der Waals surface area contributed by atoms with Crippen LogP contribution in [0.25, 0.3) is 0 Å². The van der Waals surface area contributed by atoms with Crippen molar-refractivity contribution >= 4 is 23.4 Å². The molecule has 0 fully saturated rings. The predicted octanol–water partition coefficient (Wildman–Crippen LogP) is 2.93. The van der Waals surface area contributed by atoms with Gasteiger partial charge in [-0.1, -0.05) is 24.6 Å². The molecule has 1 aromatic rings. The summed E-state index contributed by atoms with van der Waals surface area (Å²) in [5.74, 6) is 1.01. The highest BCUT2D eigenvalue weighted by molar-refractivity contribution is 7.99. The molecule has 0 saturated heterocycles. The van der Waals surface area contributed by atoms with Crippen molar-refractivity contribution in [2.24, 2.45) is 5.92 Å². The van der Waals surface area contributed by atoms with E-state index in [1.54, 1.807) is 17.8 Å².